The summed E-state index contributed by atoms with van der Waals surface area (Å²) in [6, 6.07) is 1.58. The van der Waals surface area contributed by atoms with Gasteiger partial charge in [0.15, 0.2) is 0 Å². The molecule has 0 spiro atoms. The van der Waals surface area contributed by atoms with E-state index in [0.29, 0.717) is 6.42 Å². The van der Waals surface area contributed by atoms with Crippen molar-refractivity contribution in [3.63, 3.8) is 0 Å². The number of anilines is 1. The first-order valence-corrected chi connectivity index (χ1v) is 6.40. The lowest BCUT2D eigenvalue weighted by Gasteiger charge is -2.09. The van der Waals surface area contributed by atoms with E-state index in [9.17, 15) is 13.6 Å². The third-order valence-electron chi connectivity index (χ3n) is 3.07. The Balaban J connectivity index is 2.22. The van der Waals surface area contributed by atoms with Gasteiger partial charge in [-0.15, -0.1) is 0 Å². The molecule has 0 aliphatic carbocycles. The quantitative estimate of drug-likeness (QED) is 0.889. The predicted molar refractivity (Wildman–Crippen MR) is 73.2 cm³/mol. The zero-order valence-electron chi connectivity index (χ0n) is 11.7. The van der Waals surface area contributed by atoms with Crippen LogP contribution in [0, 0.1) is 11.6 Å². The summed E-state index contributed by atoms with van der Waals surface area (Å²) in [5, 5.41) is 15.6. The van der Waals surface area contributed by atoms with Gasteiger partial charge in [-0.1, -0.05) is 6.92 Å². The Kier molecular flexibility index (Phi) is 4.21. The van der Waals surface area contributed by atoms with E-state index in [1.165, 1.54) is 0 Å². The molecule has 2 rings (SSSR count). The number of hydrogen-bond donors (Lipinski definition) is 2. The highest BCUT2D eigenvalue weighted by Gasteiger charge is 2.15. The second-order valence-electron chi connectivity index (χ2n) is 4.60. The van der Waals surface area contributed by atoms with Crippen molar-refractivity contribution in [1.82, 2.24) is 9.78 Å². The highest BCUT2D eigenvalue weighted by Crippen LogP contribution is 2.22. The topological polar surface area (TPSA) is 67.2 Å². The molecule has 0 aliphatic rings. The number of aromatic carboxylic acids is 1. The number of aryl methyl sites for hydroxylation is 2. The smallest absolute Gasteiger partial charge is 0.335 e. The monoisotopic (exact) mass is 295 g/mol. The van der Waals surface area contributed by atoms with Crippen molar-refractivity contribution in [1.29, 1.82) is 0 Å². The van der Waals surface area contributed by atoms with Gasteiger partial charge in [-0.2, -0.15) is 5.10 Å². The van der Waals surface area contributed by atoms with Crippen LogP contribution in [-0.4, -0.2) is 20.9 Å². The maximum Gasteiger partial charge on any atom is 0.335 e. The van der Waals surface area contributed by atoms with Crippen molar-refractivity contribution in [2.24, 2.45) is 7.05 Å². The Hall–Kier alpha value is -2.44. The lowest BCUT2D eigenvalue weighted by molar-refractivity contribution is 0.0696. The molecule has 0 atom stereocenters. The molecule has 2 N–H and O–H groups in total. The largest absolute Gasteiger partial charge is 0.478 e. The predicted octanol–water partition coefficient (Wildman–Crippen LogP) is 2.57. The van der Waals surface area contributed by atoms with E-state index in [-0.39, 0.29) is 12.2 Å². The highest BCUT2D eigenvalue weighted by atomic mass is 19.1. The van der Waals surface area contributed by atoms with Gasteiger partial charge in [0.1, 0.15) is 17.3 Å². The zero-order chi connectivity index (χ0) is 15.6. The van der Waals surface area contributed by atoms with Crippen molar-refractivity contribution >= 4 is 11.7 Å². The van der Waals surface area contributed by atoms with Crippen LogP contribution in [-0.2, 0) is 20.0 Å². The minimum absolute atomic E-state index is 0.206. The summed E-state index contributed by atoms with van der Waals surface area (Å²) in [7, 11) is 1.77. The van der Waals surface area contributed by atoms with E-state index >= 15 is 0 Å². The molecule has 0 radical (unpaired) electrons. The van der Waals surface area contributed by atoms with Crippen LogP contribution in [0.15, 0.2) is 18.3 Å². The van der Waals surface area contributed by atoms with Crippen LogP contribution in [0.5, 0.6) is 0 Å². The summed E-state index contributed by atoms with van der Waals surface area (Å²) in [5.41, 5.74) is 0.908. The number of carbonyl (C=O) groups is 1. The molecule has 0 saturated carbocycles. The van der Waals surface area contributed by atoms with Crippen LogP contribution in [0.2, 0.25) is 0 Å². The first kappa shape index (κ1) is 15.0. The molecule has 0 unspecified atom stereocenters. The van der Waals surface area contributed by atoms with E-state index in [4.69, 9.17) is 5.11 Å². The first-order valence-electron chi connectivity index (χ1n) is 6.40. The molecule has 1 aromatic carbocycles. The van der Waals surface area contributed by atoms with Gasteiger partial charge >= 0.3 is 5.97 Å². The lowest BCUT2D eigenvalue weighted by Crippen LogP contribution is -2.07. The van der Waals surface area contributed by atoms with Crippen LogP contribution in [0.25, 0.3) is 0 Å². The Labute approximate surface area is 120 Å². The lowest BCUT2D eigenvalue weighted by atomic mass is 10.1. The number of nitrogens with zero attached hydrogens (tertiary/aromatic N) is 2. The Morgan fingerprint density at radius 2 is 2.00 bits per heavy atom. The number of aromatic nitrogens is 2. The van der Waals surface area contributed by atoms with Gasteiger partial charge in [0.25, 0.3) is 0 Å². The average molecular weight is 295 g/mol. The molecule has 7 heteroatoms. The van der Waals surface area contributed by atoms with Crippen molar-refractivity contribution in [2.45, 2.75) is 19.9 Å². The molecule has 2 aromatic rings. The number of halogens is 2. The fourth-order valence-electron chi connectivity index (χ4n) is 2.08. The normalized spacial score (nSPS) is 10.7. The SMILES string of the molecule is CCc1nn(C)cc1CNc1c(F)cc(C(=O)O)cc1F. The third kappa shape index (κ3) is 3.18. The molecule has 0 aliphatic heterocycles. The molecule has 0 amide bonds. The van der Waals surface area contributed by atoms with Crippen molar-refractivity contribution in [2.75, 3.05) is 5.32 Å². The molecule has 0 bridgehead atoms. The highest BCUT2D eigenvalue weighted by molar-refractivity contribution is 5.88. The third-order valence-corrected chi connectivity index (χ3v) is 3.07. The van der Waals surface area contributed by atoms with Crippen molar-refractivity contribution < 1.29 is 18.7 Å². The van der Waals surface area contributed by atoms with Gasteiger partial charge < -0.3 is 10.4 Å². The fourth-order valence-corrected chi connectivity index (χ4v) is 2.08. The molecular weight excluding hydrogens is 280 g/mol. The summed E-state index contributed by atoms with van der Waals surface area (Å²) in [6.45, 7) is 2.14. The van der Waals surface area contributed by atoms with E-state index in [1.54, 1.807) is 17.9 Å². The number of carboxylic acids is 1. The molecule has 0 saturated heterocycles. The van der Waals surface area contributed by atoms with Crippen LogP contribution < -0.4 is 5.32 Å². The van der Waals surface area contributed by atoms with E-state index < -0.39 is 23.2 Å². The van der Waals surface area contributed by atoms with Gasteiger partial charge in [-0.3, -0.25) is 4.68 Å². The van der Waals surface area contributed by atoms with Gasteiger partial charge in [0.2, 0.25) is 0 Å². The molecule has 0 fully saturated rings. The van der Waals surface area contributed by atoms with Crippen LogP contribution >= 0.6 is 0 Å². The van der Waals surface area contributed by atoms with Crippen LogP contribution in [0.4, 0.5) is 14.5 Å². The van der Waals surface area contributed by atoms with E-state index in [0.717, 1.165) is 23.4 Å². The van der Waals surface area contributed by atoms with Crippen molar-refractivity contribution in [3.8, 4) is 0 Å². The van der Waals surface area contributed by atoms with Crippen molar-refractivity contribution in [3.05, 3.63) is 46.8 Å². The number of carboxylic acid groups (broad SMARTS) is 1. The summed E-state index contributed by atoms with van der Waals surface area (Å²) < 4.78 is 29.2. The Bertz CT molecular complexity index is 660. The van der Waals surface area contributed by atoms with Gasteiger partial charge in [0.05, 0.1) is 11.3 Å². The average Bonchev–Trinajstić information content (AvgIpc) is 2.77. The summed E-state index contributed by atoms with van der Waals surface area (Å²) in [6.07, 6.45) is 2.48. The zero-order valence-corrected chi connectivity index (χ0v) is 11.7. The van der Waals surface area contributed by atoms with Gasteiger partial charge in [-0.05, 0) is 18.6 Å². The second kappa shape index (κ2) is 5.90. The number of nitrogens with one attached hydrogen (secondary N) is 1. The molecule has 1 aromatic heterocycles. The Morgan fingerprint density at radius 3 is 2.52 bits per heavy atom. The molecule has 1 heterocycles. The summed E-state index contributed by atoms with van der Waals surface area (Å²) in [4.78, 5) is 10.7. The molecular formula is C14H15F2N3O2. The van der Waals surface area contributed by atoms with Crippen LogP contribution in [0.3, 0.4) is 0 Å². The summed E-state index contributed by atoms with van der Waals surface area (Å²) in [5.74, 6) is -3.25. The summed E-state index contributed by atoms with van der Waals surface area (Å²) >= 11 is 0. The minimum Gasteiger partial charge on any atom is -0.478 e. The van der Waals surface area contributed by atoms with Gasteiger partial charge in [-0.25, -0.2) is 13.6 Å². The number of rotatable bonds is 5. The molecule has 21 heavy (non-hydrogen) atoms. The Morgan fingerprint density at radius 1 is 1.38 bits per heavy atom. The first-order chi connectivity index (χ1) is 9.92. The number of hydrogen-bond acceptors (Lipinski definition) is 3. The van der Waals surface area contributed by atoms with E-state index in [1.807, 2.05) is 6.92 Å². The molecule has 5 nitrogen and oxygen atoms in total. The maximum atomic E-state index is 13.8. The van der Waals surface area contributed by atoms with E-state index in [2.05, 4.69) is 10.4 Å². The van der Waals surface area contributed by atoms with Gasteiger partial charge in [0, 0.05) is 25.4 Å². The minimum atomic E-state index is -1.38. The second-order valence-corrected chi connectivity index (χ2v) is 4.60. The van der Waals surface area contributed by atoms with Crippen LogP contribution in [0.1, 0.15) is 28.5 Å². The number of benzene rings is 1. The fraction of sp³-hybridized carbons (Fsp3) is 0.286. The standard InChI is InChI=1S/C14H15F2N3O2/c1-3-12-9(7-19(2)18-12)6-17-13-10(15)4-8(14(20)21)5-11(13)16/h4-5,7,17H,3,6H2,1-2H3,(H,20,21). The molecule has 112 valence electrons. The maximum absolute atomic E-state index is 13.8.